The van der Waals surface area contributed by atoms with Crippen LogP contribution < -0.4 is 10.6 Å². The third kappa shape index (κ3) is 2.57. The van der Waals surface area contributed by atoms with Gasteiger partial charge in [-0.2, -0.15) is 5.26 Å². The molecule has 2 rings (SSSR count). The molecule has 0 saturated carbocycles. The van der Waals surface area contributed by atoms with Crippen LogP contribution in [0.25, 0.3) is 0 Å². The van der Waals surface area contributed by atoms with Crippen LogP contribution in [0.3, 0.4) is 0 Å². The lowest BCUT2D eigenvalue weighted by atomic mass is 9.97. The van der Waals surface area contributed by atoms with Crippen LogP contribution in [0.1, 0.15) is 18.4 Å². The SMILES string of the molecule is COCC1CCN(c2cccc(C#N)c2N)CC1. The van der Waals surface area contributed by atoms with Gasteiger partial charge < -0.3 is 15.4 Å². The molecule has 1 fully saturated rings. The highest BCUT2D eigenvalue weighted by Crippen LogP contribution is 2.30. The molecule has 1 aliphatic heterocycles. The van der Waals surface area contributed by atoms with Crippen LogP contribution in [0.4, 0.5) is 11.4 Å². The quantitative estimate of drug-likeness (QED) is 0.827. The monoisotopic (exact) mass is 245 g/mol. The van der Waals surface area contributed by atoms with Gasteiger partial charge >= 0.3 is 0 Å². The van der Waals surface area contributed by atoms with Gasteiger partial charge in [0.15, 0.2) is 0 Å². The summed E-state index contributed by atoms with van der Waals surface area (Å²) in [5.74, 6) is 0.645. The van der Waals surface area contributed by atoms with Crippen molar-refractivity contribution in [3.8, 4) is 6.07 Å². The summed E-state index contributed by atoms with van der Waals surface area (Å²) >= 11 is 0. The molecule has 18 heavy (non-hydrogen) atoms. The van der Waals surface area contributed by atoms with E-state index in [4.69, 9.17) is 15.7 Å². The zero-order valence-electron chi connectivity index (χ0n) is 10.7. The molecule has 2 N–H and O–H groups in total. The second kappa shape index (κ2) is 5.74. The number of para-hydroxylation sites is 1. The lowest BCUT2D eigenvalue weighted by molar-refractivity contribution is 0.139. The number of anilines is 2. The Hall–Kier alpha value is -1.73. The van der Waals surface area contributed by atoms with Crippen molar-refractivity contribution in [3.05, 3.63) is 23.8 Å². The van der Waals surface area contributed by atoms with Crippen molar-refractivity contribution in [2.75, 3.05) is 37.4 Å². The average Bonchev–Trinajstić information content (AvgIpc) is 2.41. The number of nitrogens with zero attached hydrogens (tertiary/aromatic N) is 2. The fourth-order valence-electron chi connectivity index (χ4n) is 2.50. The summed E-state index contributed by atoms with van der Waals surface area (Å²) in [6.07, 6.45) is 2.23. The fourth-order valence-corrected chi connectivity index (χ4v) is 2.50. The van der Waals surface area contributed by atoms with E-state index in [0.29, 0.717) is 17.2 Å². The highest BCUT2D eigenvalue weighted by Gasteiger charge is 2.21. The van der Waals surface area contributed by atoms with Gasteiger partial charge in [0, 0.05) is 26.8 Å². The van der Waals surface area contributed by atoms with Gasteiger partial charge in [-0.1, -0.05) is 6.07 Å². The summed E-state index contributed by atoms with van der Waals surface area (Å²) in [6, 6.07) is 7.78. The molecule has 0 aliphatic carbocycles. The van der Waals surface area contributed by atoms with E-state index < -0.39 is 0 Å². The van der Waals surface area contributed by atoms with E-state index in [9.17, 15) is 0 Å². The Balaban J connectivity index is 2.08. The Morgan fingerprint density at radius 2 is 2.17 bits per heavy atom. The molecule has 1 aliphatic rings. The molecular formula is C14H19N3O. The predicted octanol–water partition coefficient (Wildman–Crippen LogP) is 2.00. The molecule has 1 aromatic rings. The summed E-state index contributed by atoms with van der Waals surface area (Å²) in [4.78, 5) is 2.27. The van der Waals surface area contributed by atoms with E-state index in [-0.39, 0.29) is 0 Å². The second-order valence-corrected chi connectivity index (χ2v) is 4.74. The Bertz CT molecular complexity index is 445. The molecule has 1 aromatic carbocycles. The second-order valence-electron chi connectivity index (χ2n) is 4.74. The first-order chi connectivity index (χ1) is 8.76. The smallest absolute Gasteiger partial charge is 0.101 e. The van der Waals surface area contributed by atoms with Crippen LogP contribution in [0, 0.1) is 17.2 Å². The van der Waals surface area contributed by atoms with Crippen molar-refractivity contribution in [3.63, 3.8) is 0 Å². The maximum atomic E-state index is 8.99. The van der Waals surface area contributed by atoms with Gasteiger partial charge in [-0.05, 0) is 30.9 Å². The van der Waals surface area contributed by atoms with E-state index in [1.807, 2.05) is 12.1 Å². The number of hydrogen-bond donors (Lipinski definition) is 1. The van der Waals surface area contributed by atoms with Gasteiger partial charge in [-0.3, -0.25) is 0 Å². The molecule has 0 atom stereocenters. The van der Waals surface area contributed by atoms with Crippen LogP contribution in [0.2, 0.25) is 0 Å². The number of nitrogen functional groups attached to an aromatic ring is 1. The molecule has 0 aromatic heterocycles. The van der Waals surface area contributed by atoms with Crippen LogP contribution in [-0.4, -0.2) is 26.8 Å². The summed E-state index contributed by atoms with van der Waals surface area (Å²) < 4.78 is 5.20. The third-order valence-electron chi connectivity index (χ3n) is 3.56. The molecule has 0 amide bonds. The maximum absolute atomic E-state index is 8.99. The third-order valence-corrected chi connectivity index (χ3v) is 3.56. The number of piperidine rings is 1. The zero-order chi connectivity index (χ0) is 13.0. The molecule has 0 bridgehead atoms. The number of ether oxygens (including phenoxy) is 1. The normalized spacial score (nSPS) is 16.6. The van der Waals surface area contributed by atoms with Crippen LogP contribution in [0.5, 0.6) is 0 Å². The Morgan fingerprint density at radius 1 is 1.44 bits per heavy atom. The number of benzene rings is 1. The highest BCUT2D eigenvalue weighted by atomic mass is 16.5. The number of rotatable bonds is 3. The minimum atomic E-state index is 0.562. The molecule has 0 radical (unpaired) electrons. The van der Waals surface area contributed by atoms with Crippen molar-refractivity contribution in [1.82, 2.24) is 0 Å². The van der Waals surface area contributed by atoms with E-state index in [2.05, 4.69) is 11.0 Å². The lowest BCUT2D eigenvalue weighted by Crippen LogP contribution is -2.35. The molecule has 0 spiro atoms. The lowest BCUT2D eigenvalue weighted by Gasteiger charge is -2.34. The standard InChI is InChI=1S/C14H19N3O/c1-18-10-11-5-7-17(8-6-11)13-4-2-3-12(9-15)14(13)16/h2-4,11H,5-8,10,16H2,1H3. The van der Waals surface area contributed by atoms with E-state index in [1.165, 1.54) is 0 Å². The van der Waals surface area contributed by atoms with Gasteiger partial charge in [0.2, 0.25) is 0 Å². The van der Waals surface area contributed by atoms with Crippen LogP contribution in [0.15, 0.2) is 18.2 Å². The van der Waals surface area contributed by atoms with E-state index in [1.54, 1.807) is 13.2 Å². The number of nitrogens with two attached hydrogens (primary N) is 1. The largest absolute Gasteiger partial charge is 0.396 e. The van der Waals surface area contributed by atoms with Gasteiger partial charge in [0.1, 0.15) is 6.07 Å². The minimum Gasteiger partial charge on any atom is -0.396 e. The molecule has 0 unspecified atom stereocenters. The van der Waals surface area contributed by atoms with Crippen molar-refractivity contribution in [2.45, 2.75) is 12.8 Å². The molecule has 96 valence electrons. The molecular weight excluding hydrogens is 226 g/mol. The summed E-state index contributed by atoms with van der Waals surface area (Å²) in [7, 11) is 1.75. The molecule has 4 heteroatoms. The van der Waals surface area contributed by atoms with Gasteiger partial charge in [-0.25, -0.2) is 0 Å². The zero-order valence-corrected chi connectivity index (χ0v) is 10.7. The first-order valence-corrected chi connectivity index (χ1v) is 6.28. The molecule has 1 heterocycles. The topological polar surface area (TPSA) is 62.3 Å². The first-order valence-electron chi connectivity index (χ1n) is 6.28. The fraction of sp³-hybridized carbons (Fsp3) is 0.500. The number of hydrogen-bond acceptors (Lipinski definition) is 4. The van der Waals surface area contributed by atoms with Crippen molar-refractivity contribution in [1.29, 1.82) is 5.26 Å². The maximum Gasteiger partial charge on any atom is 0.101 e. The predicted molar refractivity (Wildman–Crippen MR) is 72.4 cm³/mol. The first kappa shape index (κ1) is 12.7. The van der Waals surface area contributed by atoms with Crippen molar-refractivity contribution >= 4 is 11.4 Å². The van der Waals surface area contributed by atoms with E-state index >= 15 is 0 Å². The summed E-state index contributed by atoms with van der Waals surface area (Å²) in [6.45, 7) is 2.79. The van der Waals surface area contributed by atoms with Crippen LogP contribution >= 0.6 is 0 Å². The van der Waals surface area contributed by atoms with Crippen molar-refractivity contribution < 1.29 is 4.74 Å². The summed E-state index contributed by atoms with van der Waals surface area (Å²) in [5.41, 5.74) is 8.18. The Morgan fingerprint density at radius 3 is 2.78 bits per heavy atom. The average molecular weight is 245 g/mol. The summed E-state index contributed by atoms with van der Waals surface area (Å²) in [5, 5.41) is 8.99. The molecule has 1 saturated heterocycles. The minimum absolute atomic E-state index is 0.562. The number of nitriles is 1. The highest BCUT2D eigenvalue weighted by molar-refractivity contribution is 5.74. The van der Waals surface area contributed by atoms with Crippen molar-refractivity contribution in [2.24, 2.45) is 5.92 Å². The van der Waals surface area contributed by atoms with Crippen LogP contribution in [-0.2, 0) is 4.74 Å². The van der Waals surface area contributed by atoms with Gasteiger partial charge in [0.05, 0.1) is 16.9 Å². The van der Waals surface area contributed by atoms with Gasteiger partial charge in [0.25, 0.3) is 0 Å². The Kier molecular flexibility index (Phi) is 4.06. The van der Waals surface area contributed by atoms with Gasteiger partial charge in [-0.15, -0.1) is 0 Å². The van der Waals surface area contributed by atoms with E-state index in [0.717, 1.165) is 38.2 Å². The molecule has 4 nitrogen and oxygen atoms in total. The Labute approximate surface area is 108 Å². The number of methoxy groups -OCH3 is 1.